The van der Waals surface area contributed by atoms with Crippen LogP contribution in [0.5, 0.6) is 0 Å². The van der Waals surface area contributed by atoms with E-state index in [9.17, 15) is 0 Å². The molecule has 0 spiro atoms. The maximum absolute atomic E-state index is 5.64. The van der Waals surface area contributed by atoms with Crippen molar-refractivity contribution in [1.82, 2.24) is 24.8 Å². The molecule has 98 valence electrons. The highest BCUT2D eigenvalue weighted by atomic mass is 32.1. The number of hydrogen-bond acceptors (Lipinski definition) is 6. The van der Waals surface area contributed by atoms with Gasteiger partial charge in [-0.3, -0.25) is 16.0 Å². The smallest absolute Gasteiger partial charge is 0.0801 e. The van der Waals surface area contributed by atoms with Gasteiger partial charge in [0.2, 0.25) is 0 Å². The van der Waals surface area contributed by atoms with Crippen LogP contribution in [0.3, 0.4) is 0 Å². The number of rotatable bonds is 6. The van der Waals surface area contributed by atoms with Crippen LogP contribution in [0.1, 0.15) is 35.7 Å². The third-order valence-corrected chi connectivity index (χ3v) is 3.93. The topological polar surface area (TPSA) is 81.7 Å². The Morgan fingerprint density at radius 2 is 2.39 bits per heavy atom. The summed E-state index contributed by atoms with van der Waals surface area (Å²) in [5, 5.41) is 8.28. The summed E-state index contributed by atoms with van der Waals surface area (Å²) in [6, 6.07) is 2.13. The highest BCUT2D eigenvalue weighted by molar-refractivity contribution is 7.05. The average molecular weight is 266 g/mol. The summed E-state index contributed by atoms with van der Waals surface area (Å²) in [6.07, 6.45) is 4.53. The van der Waals surface area contributed by atoms with E-state index in [-0.39, 0.29) is 6.04 Å². The molecule has 0 saturated carbocycles. The molecule has 0 aromatic carbocycles. The second-order valence-electron chi connectivity index (χ2n) is 4.14. The Kier molecular flexibility index (Phi) is 4.40. The van der Waals surface area contributed by atoms with Crippen molar-refractivity contribution in [3.63, 3.8) is 0 Å². The van der Waals surface area contributed by atoms with Gasteiger partial charge in [0, 0.05) is 18.9 Å². The largest absolute Gasteiger partial charge is 0.273 e. The fourth-order valence-corrected chi connectivity index (χ4v) is 2.79. The lowest BCUT2D eigenvalue weighted by Gasteiger charge is -2.14. The van der Waals surface area contributed by atoms with E-state index in [1.807, 2.05) is 24.0 Å². The molecule has 0 saturated heterocycles. The third kappa shape index (κ3) is 2.74. The minimum atomic E-state index is 0.106. The second kappa shape index (κ2) is 6.03. The first-order valence-electron chi connectivity index (χ1n) is 6.00. The molecule has 0 aliphatic rings. The normalized spacial score (nSPS) is 12.8. The standard InChI is InChI=1S/C11H18N6S/c1-3-9-11(18-16-15-9)10(14-12)5-4-8-6-7-13-17(8)2/h6-7,10,14H,3-5,12H2,1-2H3. The SMILES string of the molecule is CCc1nnsc1C(CCc1ccnn1C)NN. The van der Waals surface area contributed by atoms with Crippen LogP contribution in [0.2, 0.25) is 0 Å². The van der Waals surface area contributed by atoms with Crippen LogP contribution in [0.4, 0.5) is 0 Å². The number of aryl methyl sites for hydroxylation is 3. The number of nitrogens with two attached hydrogens (primary N) is 1. The van der Waals surface area contributed by atoms with Crippen LogP contribution >= 0.6 is 11.5 Å². The lowest BCUT2D eigenvalue weighted by atomic mass is 10.1. The van der Waals surface area contributed by atoms with E-state index in [2.05, 4.69) is 27.0 Å². The van der Waals surface area contributed by atoms with E-state index in [1.54, 1.807) is 0 Å². The summed E-state index contributed by atoms with van der Waals surface area (Å²) < 4.78 is 5.89. The molecule has 6 nitrogen and oxygen atoms in total. The van der Waals surface area contributed by atoms with E-state index in [4.69, 9.17) is 5.84 Å². The molecule has 2 aromatic heterocycles. The van der Waals surface area contributed by atoms with Crippen molar-refractivity contribution in [2.75, 3.05) is 0 Å². The van der Waals surface area contributed by atoms with E-state index in [0.29, 0.717) is 0 Å². The fourth-order valence-electron chi connectivity index (χ4n) is 1.95. The third-order valence-electron chi connectivity index (χ3n) is 3.05. The van der Waals surface area contributed by atoms with Crippen molar-refractivity contribution < 1.29 is 0 Å². The zero-order valence-electron chi connectivity index (χ0n) is 10.6. The van der Waals surface area contributed by atoms with Crippen LogP contribution in [-0.2, 0) is 19.9 Å². The Labute approximate surface area is 110 Å². The molecule has 0 amide bonds. The molecular weight excluding hydrogens is 248 g/mol. The molecule has 0 fully saturated rings. The monoisotopic (exact) mass is 266 g/mol. The number of hydrogen-bond donors (Lipinski definition) is 2. The Bertz CT molecular complexity index is 491. The predicted octanol–water partition coefficient (Wildman–Crippen LogP) is 0.971. The highest BCUT2D eigenvalue weighted by Crippen LogP contribution is 2.24. The number of nitrogens with one attached hydrogen (secondary N) is 1. The molecule has 0 aliphatic carbocycles. The second-order valence-corrected chi connectivity index (χ2v) is 4.93. The molecule has 0 aliphatic heterocycles. The van der Waals surface area contributed by atoms with Crippen molar-refractivity contribution in [3.8, 4) is 0 Å². The molecule has 1 atom stereocenters. The first-order valence-corrected chi connectivity index (χ1v) is 6.77. The van der Waals surface area contributed by atoms with Crippen LogP contribution in [0.25, 0.3) is 0 Å². The Balaban J connectivity index is 2.04. The molecule has 7 heteroatoms. The van der Waals surface area contributed by atoms with Crippen LogP contribution in [-0.4, -0.2) is 19.4 Å². The molecule has 0 radical (unpaired) electrons. The van der Waals surface area contributed by atoms with Crippen molar-refractivity contribution in [2.24, 2.45) is 12.9 Å². The maximum Gasteiger partial charge on any atom is 0.0801 e. The molecule has 0 bridgehead atoms. The van der Waals surface area contributed by atoms with Gasteiger partial charge in [-0.1, -0.05) is 11.4 Å². The van der Waals surface area contributed by atoms with Gasteiger partial charge in [-0.25, -0.2) is 0 Å². The maximum atomic E-state index is 5.64. The Morgan fingerprint density at radius 3 is 3.00 bits per heavy atom. The van der Waals surface area contributed by atoms with Gasteiger partial charge in [0.25, 0.3) is 0 Å². The summed E-state index contributed by atoms with van der Waals surface area (Å²) in [7, 11) is 1.95. The summed E-state index contributed by atoms with van der Waals surface area (Å²) in [4.78, 5) is 1.14. The van der Waals surface area contributed by atoms with Crippen LogP contribution in [0, 0.1) is 0 Å². The van der Waals surface area contributed by atoms with Crippen molar-refractivity contribution in [2.45, 2.75) is 32.2 Å². The van der Waals surface area contributed by atoms with Gasteiger partial charge < -0.3 is 0 Å². The van der Waals surface area contributed by atoms with E-state index in [1.165, 1.54) is 17.2 Å². The Morgan fingerprint density at radius 1 is 1.56 bits per heavy atom. The van der Waals surface area contributed by atoms with Crippen LogP contribution in [0.15, 0.2) is 12.3 Å². The van der Waals surface area contributed by atoms with Crippen molar-refractivity contribution >= 4 is 11.5 Å². The fraction of sp³-hybridized carbons (Fsp3) is 0.545. The lowest BCUT2D eigenvalue weighted by Crippen LogP contribution is -2.28. The summed E-state index contributed by atoms with van der Waals surface area (Å²) >= 11 is 1.42. The first kappa shape index (κ1) is 13.1. The molecular formula is C11H18N6S. The van der Waals surface area contributed by atoms with Crippen LogP contribution < -0.4 is 11.3 Å². The Hall–Kier alpha value is -1.31. The summed E-state index contributed by atoms with van der Waals surface area (Å²) in [6.45, 7) is 2.08. The molecule has 3 N–H and O–H groups in total. The van der Waals surface area contributed by atoms with Gasteiger partial charge in [0.1, 0.15) is 0 Å². The summed E-state index contributed by atoms with van der Waals surface area (Å²) in [5.41, 5.74) is 5.10. The van der Waals surface area contributed by atoms with Crippen molar-refractivity contribution in [3.05, 3.63) is 28.5 Å². The average Bonchev–Trinajstić information content (AvgIpc) is 2.99. The number of aromatic nitrogens is 4. The van der Waals surface area contributed by atoms with Gasteiger partial charge in [-0.05, 0) is 36.9 Å². The number of nitrogens with zero attached hydrogens (tertiary/aromatic N) is 4. The quantitative estimate of drug-likeness (QED) is 0.601. The van der Waals surface area contributed by atoms with Crippen molar-refractivity contribution in [1.29, 1.82) is 0 Å². The number of hydrazine groups is 1. The van der Waals surface area contributed by atoms with Gasteiger partial charge >= 0.3 is 0 Å². The predicted molar refractivity (Wildman–Crippen MR) is 70.9 cm³/mol. The molecule has 2 rings (SSSR count). The zero-order valence-corrected chi connectivity index (χ0v) is 11.4. The minimum Gasteiger partial charge on any atom is -0.273 e. The minimum absolute atomic E-state index is 0.106. The van der Waals surface area contributed by atoms with Gasteiger partial charge in [-0.2, -0.15) is 5.10 Å². The molecule has 18 heavy (non-hydrogen) atoms. The molecule has 2 aromatic rings. The van der Waals surface area contributed by atoms with E-state index < -0.39 is 0 Å². The summed E-state index contributed by atoms with van der Waals surface area (Å²) in [5.74, 6) is 5.64. The molecule has 1 unspecified atom stereocenters. The van der Waals surface area contributed by atoms with E-state index in [0.717, 1.165) is 29.8 Å². The van der Waals surface area contributed by atoms with E-state index >= 15 is 0 Å². The van der Waals surface area contributed by atoms with Gasteiger partial charge in [0.05, 0.1) is 16.6 Å². The first-order chi connectivity index (χ1) is 8.76. The van der Waals surface area contributed by atoms with Gasteiger partial charge in [0.15, 0.2) is 0 Å². The molecule has 2 heterocycles. The van der Waals surface area contributed by atoms with Gasteiger partial charge in [-0.15, -0.1) is 5.10 Å². The highest BCUT2D eigenvalue weighted by Gasteiger charge is 2.17. The zero-order chi connectivity index (χ0) is 13.0. The lowest BCUT2D eigenvalue weighted by molar-refractivity contribution is 0.510.